The van der Waals surface area contributed by atoms with E-state index in [0.717, 1.165) is 24.4 Å². The van der Waals surface area contributed by atoms with Gasteiger partial charge in [-0.3, -0.25) is 4.79 Å². The van der Waals surface area contributed by atoms with E-state index >= 15 is 0 Å². The lowest BCUT2D eigenvalue weighted by atomic mass is 10.1. The topological polar surface area (TPSA) is 86.3 Å². The van der Waals surface area contributed by atoms with Crippen LogP contribution in [0.1, 0.15) is 22.6 Å². The fourth-order valence-corrected chi connectivity index (χ4v) is 2.89. The number of nitrogens with zero attached hydrogens (tertiary/aromatic N) is 2. The smallest absolute Gasteiger partial charge is 0.475 e. The third-order valence-electron chi connectivity index (χ3n) is 4.16. The van der Waals surface area contributed by atoms with Crippen molar-refractivity contribution in [2.75, 3.05) is 7.05 Å². The second-order valence-corrected chi connectivity index (χ2v) is 6.38. The molecule has 0 unspecified atom stereocenters. The molecule has 1 aromatic heterocycles. The number of carbonyl (C=O) groups is 2. The van der Waals surface area contributed by atoms with Crippen LogP contribution in [0.25, 0.3) is 0 Å². The van der Waals surface area contributed by atoms with Crippen molar-refractivity contribution in [2.45, 2.75) is 32.5 Å². The number of halogens is 3. The molecule has 0 fully saturated rings. The number of nitrogens with one attached hydrogen (secondary N) is 1. The van der Waals surface area contributed by atoms with E-state index in [-0.39, 0.29) is 11.8 Å². The Morgan fingerprint density at radius 3 is 2.19 bits per heavy atom. The number of carbonyl (C=O) groups excluding carboxylic acids is 1. The summed E-state index contributed by atoms with van der Waals surface area (Å²) in [5.41, 5.74) is 3.65. The third-order valence-corrected chi connectivity index (χ3v) is 4.16. The Morgan fingerprint density at radius 1 is 1.26 bits per heavy atom. The van der Waals surface area contributed by atoms with Gasteiger partial charge in [-0.15, -0.1) is 0 Å². The number of aromatic nitrogens is 2. The van der Waals surface area contributed by atoms with E-state index in [2.05, 4.69) is 22.1 Å². The maximum absolute atomic E-state index is 12.5. The largest absolute Gasteiger partial charge is 0.490 e. The molecule has 9 heteroatoms. The Bertz CT molecular complexity index is 792. The molecular weight excluding hydrogens is 363 g/mol. The van der Waals surface area contributed by atoms with Gasteiger partial charge in [0.1, 0.15) is 5.82 Å². The van der Waals surface area contributed by atoms with Crippen molar-refractivity contribution >= 4 is 11.9 Å². The number of aliphatic carboxylic acids is 1. The molecule has 1 aliphatic rings. The summed E-state index contributed by atoms with van der Waals surface area (Å²) >= 11 is 0. The molecule has 2 aromatic rings. The summed E-state index contributed by atoms with van der Waals surface area (Å²) in [6.45, 7) is 2.51. The predicted octanol–water partition coefficient (Wildman–Crippen LogP) is 2.72. The summed E-state index contributed by atoms with van der Waals surface area (Å²) in [7, 11) is 1.85. The zero-order valence-corrected chi connectivity index (χ0v) is 14.9. The van der Waals surface area contributed by atoms with Gasteiger partial charge in [0.2, 0.25) is 5.91 Å². The van der Waals surface area contributed by atoms with Gasteiger partial charge in [0.05, 0.1) is 6.54 Å². The standard InChI is InChI=1S/C16H19N3O.C2HF3O2/c1-11-9-17-15(18-11)10-19(2)16(20)14-7-12-5-3-4-6-13(12)8-14;3-2(4,5)1(6)7/h3-6,9,14H,7-8,10H2,1-2H3,(H,17,18);(H,6,7). The predicted molar refractivity (Wildman–Crippen MR) is 90.8 cm³/mol. The van der Waals surface area contributed by atoms with Crippen LogP contribution < -0.4 is 0 Å². The first-order chi connectivity index (χ1) is 12.6. The van der Waals surface area contributed by atoms with Crippen LogP contribution in [0.4, 0.5) is 13.2 Å². The molecule has 0 aliphatic heterocycles. The van der Waals surface area contributed by atoms with Gasteiger partial charge in [0.25, 0.3) is 0 Å². The van der Waals surface area contributed by atoms with Crippen LogP contribution in [0, 0.1) is 12.8 Å². The molecule has 27 heavy (non-hydrogen) atoms. The summed E-state index contributed by atoms with van der Waals surface area (Å²) in [5, 5.41) is 7.12. The van der Waals surface area contributed by atoms with Crippen molar-refractivity contribution in [3.8, 4) is 0 Å². The number of rotatable bonds is 3. The Morgan fingerprint density at radius 2 is 1.78 bits per heavy atom. The molecule has 0 bridgehead atoms. The molecule has 1 aromatic carbocycles. The third kappa shape index (κ3) is 5.57. The summed E-state index contributed by atoms with van der Waals surface area (Å²) in [4.78, 5) is 30.6. The zero-order valence-electron chi connectivity index (χ0n) is 14.9. The molecule has 1 amide bonds. The van der Waals surface area contributed by atoms with Gasteiger partial charge in [0.15, 0.2) is 0 Å². The van der Waals surface area contributed by atoms with Crippen LogP contribution in [0.2, 0.25) is 0 Å². The highest BCUT2D eigenvalue weighted by Gasteiger charge is 2.38. The van der Waals surface area contributed by atoms with Crippen LogP contribution in [0.15, 0.2) is 30.5 Å². The first-order valence-electron chi connectivity index (χ1n) is 8.20. The van der Waals surface area contributed by atoms with E-state index in [1.807, 2.05) is 26.1 Å². The Kier molecular flexibility index (Phi) is 6.24. The molecule has 0 atom stereocenters. The molecule has 0 saturated heterocycles. The maximum Gasteiger partial charge on any atom is 0.490 e. The number of aromatic amines is 1. The summed E-state index contributed by atoms with van der Waals surface area (Å²) in [6, 6.07) is 8.33. The molecule has 2 N–H and O–H groups in total. The Labute approximate surface area is 154 Å². The van der Waals surface area contributed by atoms with Crippen LogP contribution in [-0.4, -0.2) is 45.1 Å². The minimum absolute atomic E-state index is 0.0773. The van der Waals surface area contributed by atoms with Crippen molar-refractivity contribution in [1.29, 1.82) is 0 Å². The monoisotopic (exact) mass is 383 g/mol. The lowest BCUT2D eigenvalue weighted by Crippen LogP contribution is -2.33. The molecule has 3 rings (SSSR count). The fraction of sp³-hybridized carbons (Fsp3) is 0.389. The normalized spacial score (nSPS) is 13.5. The molecule has 6 nitrogen and oxygen atoms in total. The highest BCUT2D eigenvalue weighted by atomic mass is 19.4. The van der Waals surface area contributed by atoms with Crippen molar-refractivity contribution in [1.82, 2.24) is 14.9 Å². The fourth-order valence-electron chi connectivity index (χ4n) is 2.89. The first-order valence-corrected chi connectivity index (χ1v) is 8.20. The van der Waals surface area contributed by atoms with Crippen LogP contribution in [0.5, 0.6) is 0 Å². The minimum Gasteiger partial charge on any atom is -0.475 e. The number of amides is 1. The number of H-pyrrole nitrogens is 1. The molecule has 1 aliphatic carbocycles. The summed E-state index contributed by atoms with van der Waals surface area (Å²) < 4.78 is 31.7. The highest BCUT2D eigenvalue weighted by molar-refractivity contribution is 5.80. The van der Waals surface area contributed by atoms with E-state index in [4.69, 9.17) is 9.90 Å². The van der Waals surface area contributed by atoms with E-state index < -0.39 is 12.1 Å². The number of imidazole rings is 1. The zero-order chi connectivity index (χ0) is 20.2. The van der Waals surface area contributed by atoms with Crippen LogP contribution >= 0.6 is 0 Å². The lowest BCUT2D eigenvalue weighted by Gasteiger charge is -2.19. The summed E-state index contributed by atoms with van der Waals surface area (Å²) in [6.07, 6.45) is -1.58. The van der Waals surface area contributed by atoms with Gasteiger partial charge in [0, 0.05) is 24.9 Å². The van der Waals surface area contributed by atoms with Crippen LogP contribution in [-0.2, 0) is 29.0 Å². The van der Waals surface area contributed by atoms with Gasteiger partial charge in [-0.1, -0.05) is 24.3 Å². The second-order valence-electron chi connectivity index (χ2n) is 6.38. The average Bonchev–Trinajstić information content (AvgIpc) is 3.19. The van der Waals surface area contributed by atoms with Gasteiger partial charge >= 0.3 is 12.1 Å². The number of alkyl halides is 3. The molecule has 0 spiro atoms. The second kappa shape index (κ2) is 8.24. The number of benzene rings is 1. The maximum atomic E-state index is 12.5. The van der Waals surface area contributed by atoms with Gasteiger partial charge in [-0.2, -0.15) is 13.2 Å². The summed E-state index contributed by atoms with van der Waals surface area (Å²) in [5.74, 6) is -1.63. The molecular formula is C18H20F3N3O3. The van der Waals surface area contributed by atoms with Gasteiger partial charge in [-0.05, 0) is 30.9 Å². The quantitative estimate of drug-likeness (QED) is 0.853. The average molecular weight is 383 g/mol. The molecule has 0 saturated carbocycles. The van der Waals surface area contributed by atoms with E-state index in [1.165, 1.54) is 11.1 Å². The number of hydrogen-bond donors (Lipinski definition) is 2. The van der Waals surface area contributed by atoms with E-state index in [9.17, 15) is 18.0 Å². The Hall–Kier alpha value is -2.84. The lowest BCUT2D eigenvalue weighted by molar-refractivity contribution is -0.192. The van der Waals surface area contributed by atoms with Gasteiger partial charge < -0.3 is 15.0 Å². The number of carboxylic acids is 1. The highest BCUT2D eigenvalue weighted by Crippen LogP contribution is 2.27. The van der Waals surface area contributed by atoms with Crippen molar-refractivity contribution in [3.63, 3.8) is 0 Å². The van der Waals surface area contributed by atoms with Crippen LogP contribution in [0.3, 0.4) is 0 Å². The molecule has 1 heterocycles. The minimum atomic E-state index is -5.08. The Balaban J connectivity index is 0.000000321. The van der Waals surface area contributed by atoms with E-state index in [1.54, 1.807) is 11.1 Å². The van der Waals surface area contributed by atoms with Crippen molar-refractivity contribution < 1.29 is 27.9 Å². The molecule has 0 radical (unpaired) electrons. The number of aryl methyl sites for hydroxylation is 1. The first kappa shape index (κ1) is 20.5. The van der Waals surface area contributed by atoms with Crippen molar-refractivity contribution in [3.05, 3.63) is 53.1 Å². The number of fused-ring (bicyclic) bond motifs is 1. The van der Waals surface area contributed by atoms with Crippen molar-refractivity contribution in [2.24, 2.45) is 5.92 Å². The van der Waals surface area contributed by atoms with E-state index in [0.29, 0.717) is 6.54 Å². The number of carboxylic acid groups (broad SMARTS) is 1. The SMILES string of the molecule is Cc1cnc(CN(C)C(=O)C2Cc3ccccc3C2)[nH]1.O=C(O)C(F)(F)F. The molecule has 146 valence electrons. The van der Waals surface area contributed by atoms with Gasteiger partial charge in [-0.25, -0.2) is 9.78 Å². The number of hydrogen-bond acceptors (Lipinski definition) is 3.